The molecule has 31 nitrogen and oxygen atoms in total. The summed E-state index contributed by atoms with van der Waals surface area (Å²) in [4.78, 5) is 0. The molecule has 0 amide bonds. The second-order valence-electron chi connectivity index (χ2n) is 47.0. The van der Waals surface area contributed by atoms with Gasteiger partial charge in [-0.2, -0.15) is 0 Å². The van der Waals surface area contributed by atoms with Gasteiger partial charge in [-0.05, 0) is 412 Å². The Kier molecular flexibility index (Phi) is 47.6. The van der Waals surface area contributed by atoms with Gasteiger partial charge in [0.05, 0.1) is 0 Å². The predicted molar refractivity (Wildman–Crippen MR) is 591 cm³/mol. The van der Waals surface area contributed by atoms with E-state index in [9.17, 15) is 0 Å². The van der Waals surface area contributed by atoms with Crippen molar-refractivity contribution in [3.8, 4) is 0 Å². The SMILES string of the molecule is C[SiH](O[SiH](C)O[Si](C)(C)C)O[SiH](C)O[Si](C)(C)O[Si](C)(C)O[Si](C)(C)O[Si](C)(C)O[Si](C)(C)O[Si](C)(C)O[Si](C)(C)O[Si](C)(C)O[Si](C)(C)O[Si](C)(C)O[Si](C)(C)O[Si](C)(C)O[Si](C)(C)O[Si](C)(C)O[Si](C)(C)O[Si](C)(C)O[Si](C)(C)O[Si](C)(C)O[Si](C)(C)O[Si](C)(C)O[Si](C)(C)O[Si](C)(C)O[Si](C)(C)O[Si](C)(C)O[Si](C)(C)O[Si](C)(C)O[Si](C)(C)O[Si](C)(C)C. The minimum absolute atomic E-state index is 1.69. The molecule has 0 heterocycles. The van der Waals surface area contributed by atoms with E-state index in [1.807, 2.05) is 13.1 Å². The molecule has 0 aromatic heterocycles. The van der Waals surface area contributed by atoms with Crippen LogP contribution >= 0.6 is 0 Å². The van der Waals surface area contributed by atoms with Crippen LogP contribution in [0.4, 0.5) is 0 Å². The summed E-state index contributed by atoms with van der Waals surface area (Å²) in [6, 6.07) is 0. The Morgan fingerprint density at radius 3 is 0.278 bits per heavy atom. The van der Waals surface area contributed by atoms with E-state index in [0.717, 1.165) is 0 Å². The van der Waals surface area contributed by atoms with Crippen LogP contribution in [0.25, 0.3) is 0 Å². The highest BCUT2D eigenvalue weighted by atomic mass is 28.6. The van der Waals surface area contributed by atoms with Crippen molar-refractivity contribution in [2.24, 2.45) is 0 Å². The van der Waals surface area contributed by atoms with E-state index < -0.39 is 276 Å². The van der Waals surface area contributed by atoms with Crippen LogP contribution in [0.3, 0.4) is 0 Å². The van der Waals surface area contributed by atoms with Crippen molar-refractivity contribution in [3.05, 3.63) is 0 Å². The van der Waals surface area contributed by atoms with Gasteiger partial charge in [-0.25, -0.2) is 0 Å². The Balaban J connectivity index is 5.94. The summed E-state index contributed by atoms with van der Waals surface area (Å²) in [6.07, 6.45) is 0. The maximum atomic E-state index is 7.03. The highest BCUT2D eigenvalue weighted by molar-refractivity contribution is 6.99. The lowest BCUT2D eigenvalue weighted by atomic mass is 11.8. The van der Waals surface area contributed by atoms with Gasteiger partial charge in [0, 0.05) is 0 Å². The standard InChI is InChI=1S/C63H192O31Si32/c1-95(64-96(2)66-98(4,5)6)65-97(3)67-100(10,11)69-102(14,15)71-104(18,19)73-106(22,23)75-108(26,27)77-110(30,31)79-112(34,35)81-114(38,39)83-116(42,43)85-118(46,47)87-120(50,51)89-122(54,55)91-124(58,59)93-126(62,63)94-125(60,61)92-123(56,57)90-121(52,53)88-119(48,49)86-117(44,45)84-115(40,41)82-113(36,37)80-111(32,33)78-109(28,29)76-107(24,25)74-105(20,21)72-103(16,17)70-101(12,13)68-99(7,8)9/h95-97H,1-63H3. The van der Waals surface area contributed by atoms with Gasteiger partial charge in [-0.15, -0.1) is 0 Å². The van der Waals surface area contributed by atoms with E-state index in [-0.39, 0.29) is 0 Å². The lowest BCUT2D eigenvalue weighted by Gasteiger charge is -2.45. The summed E-state index contributed by atoms with van der Waals surface area (Å²) in [5.41, 5.74) is 0. The van der Waals surface area contributed by atoms with Crippen LogP contribution in [-0.4, -0.2) is 276 Å². The summed E-state index contributed by atoms with van der Waals surface area (Å²) < 4.78 is 213. The molecule has 0 aliphatic carbocycles. The van der Waals surface area contributed by atoms with Crippen LogP contribution in [0.5, 0.6) is 0 Å². The van der Waals surface area contributed by atoms with Gasteiger partial charge in [0.2, 0.25) is 0 Å². The van der Waals surface area contributed by atoms with Crippen molar-refractivity contribution in [2.75, 3.05) is 0 Å². The Hall–Kier alpha value is 5.70. The molecule has 126 heavy (non-hydrogen) atoms. The van der Waals surface area contributed by atoms with Crippen molar-refractivity contribution < 1.29 is 128 Å². The summed E-state index contributed by atoms with van der Waals surface area (Å²) in [7, 11) is -86.4. The van der Waals surface area contributed by atoms with Gasteiger partial charge >= 0.3 is 231 Å². The topological polar surface area (TPSA) is 286 Å². The number of rotatable bonds is 62. The molecule has 0 aromatic rings. The average Bonchev–Trinajstić information content (AvgIpc) is 0.776. The molecule has 0 fully saturated rings. The first-order valence-electron chi connectivity index (χ1n) is 44.6. The Morgan fingerprint density at radius 1 is 0.0952 bits per heavy atom. The lowest BCUT2D eigenvalue weighted by Crippen LogP contribution is -2.63. The molecule has 0 aliphatic rings. The van der Waals surface area contributed by atoms with Crippen molar-refractivity contribution in [1.29, 1.82) is 0 Å². The zero-order valence-electron chi connectivity index (χ0n) is 91.9. The van der Waals surface area contributed by atoms with E-state index in [0.29, 0.717) is 0 Å². The first-order chi connectivity index (χ1) is 54.0. The Bertz CT molecular complexity index is 3300. The quantitative estimate of drug-likeness (QED) is 0.0511. The van der Waals surface area contributed by atoms with Crippen LogP contribution in [0.1, 0.15) is 0 Å². The summed E-state index contributed by atoms with van der Waals surface area (Å²) in [5, 5.41) is 0. The van der Waals surface area contributed by atoms with Gasteiger partial charge in [0.25, 0.3) is 27.9 Å². The third-order valence-electron chi connectivity index (χ3n) is 15.1. The van der Waals surface area contributed by atoms with Gasteiger partial charge in [-0.1, -0.05) is 0 Å². The zero-order chi connectivity index (χ0) is 101. The van der Waals surface area contributed by atoms with E-state index in [4.69, 9.17) is 128 Å². The fourth-order valence-electron chi connectivity index (χ4n) is 18.2. The molecule has 3 atom stereocenters. The van der Waals surface area contributed by atoms with Gasteiger partial charge in [0.1, 0.15) is 0 Å². The molecule has 0 bridgehead atoms. The Labute approximate surface area is 808 Å². The molecule has 0 saturated heterocycles. The number of hydrogen-bond donors (Lipinski definition) is 0. The number of hydrogen-bond acceptors (Lipinski definition) is 31. The van der Waals surface area contributed by atoms with Crippen molar-refractivity contribution in [1.82, 2.24) is 0 Å². The highest BCUT2D eigenvalue weighted by Crippen LogP contribution is 2.38. The predicted octanol–water partition coefficient (Wildman–Crippen LogP) is 21.7. The molecule has 63 heteroatoms. The second kappa shape index (κ2) is 45.6. The molecule has 0 aliphatic heterocycles. The maximum absolute atomic E-state index is 7.03. The largest absolute Gasteiger partial charge is 0.439 e. The zero-order valence-corrected chi connectivity index (χ0v) is 124. The molecule has 0 radical (unpaired) electrons. The monoisotopic (exact) mass is 2340 g/mol. The summed E-state index contributed by atoms with van der Waals surface area (Å²) in [6.45, 7) is 130. The van der Waals surface area contributed by atoms with Gasteiger partial charge < -0.3 is 128 Å². The normalized spacial score (nSPS) is 16.8. The third kappa shape index (κ3) is 62.3. The minimum Gasteiger partial charge on any atom is -0.439 e. The Morgan fingerprint density at radius 2 is 0.183 bits per heavy atom. The summed E-state index contributed by atoms with van der Waals surface area (Å²) in [5.74, 6) is 0. The smallest absolute Gasteiger partial charge is 0.314 e. The molecule has 0 N–H and O–H groups in total. The third-order valence-corrected chi connectivity index (χ3v) is 136. The molecular weight excluding hydrogens is 2150 g/mol. The van der Waals surface area contributed by atoms with E-state index in [1.54, 1.807) is 0 Å². The van der Waals surface area contributed by atoms with E-state index in [1.165, 1.54) is 0 Å². The molecule has 0 rings (SSSR count). The van der Waals surface area contributed by atoms with E-state index in [2.05, 4.69) is 399 Å². The molecule has 0 saturated carbocycles. The van der Waals surface area contributed by atoms with Crippen molar-refractivity contribution in [3.63, 3.8) is 0 Å². The maximum Gasteiger partial charge on any atom is 0.314 e. The highest BCUT2D eigenvalue weighted by Gasteiger charge is 2.58. The first-order valence-corrected chi connectivity index (χ1v) is 134. The molecule has 0 aromatic carbocycles. The fourth-order valence-corrected chi connectivity index (χ4v) is 176. The van der Waals surface area contributed by atoms with Crippen LogP contribution in [0.2, 0.25) is 412 Å². The minimum atomic E-state index is -2.94. The van der Waals surface area contributed by atoms with E-state index >= 15 is 0 Å². The fraction of sp³-hybridized carbons (Fsp3) is 1.00. The first kappa shape index (κ1) is 132. The van der Waals surface area contributed by atoms with Crippen LogP contribution in [-0.2, 0) is 128 Å². The van der Waals surface area contributed by atoms with Crippen molar-refractivity contribution in [2.45, 2.75) is 412 Å². The summed E-state index contributed by atoms with van der Waals surface area (Å²) >= 11 is 0. The lowest BCUT2D eigenvalue weighted by molar-refractivity contribution is 0.243. The molecule has 758 valence electrons. The second-order valence-corrected chi connectivity index (χ2v) is 161. The van der Waals surface area contributed by atoms with Crippen LogP contribution in [0.15, 0.2) is 0 Å². The van der Waals surface area contributed by atoms with Gasteiger partial charge in [0.15, 0.2) is 16.6 Å². The van der Waals surface area contributed by atoms with Crippen molar-refractivity contribution >= 4 is 276 Å². The van der Waals surface area contributed by atoms with Crippen LogP contribution < -0.4 is 0 Å². The van der Waals surface area contributed by atoms with Crippen LogP contribution in [0, 0.1) is 0 Å². The average molecular weight is 2340 g/mol. The molecule has 0 spiro atoms. The van der Waals surface area contributed by atoms with Gasteiger partial charge in [-0.3, -0.25) is 0 Å². The molecule has 3 unspecified atom stereocenters. The molecular formula is C63H192O31Si32.